The summed E-state index contributed by atoms with van der Waals surface area (Å²) in [5.74, 6) is 0. The van der Waals surface area contributed by atoms with E-state index < -0.39 is 0 Å². The van der Waals surface area contributed by atoms with Crippen molar-refractivity contribution in [1.82, 2.24) is 4.98 Å². The van der Waals surface area contributed by atoms with Gasteiger partial charge in [-0.3, -0.25) is 4.98 Å². The maximum absolute atomic E-state index is 4.64. The van der Waals surface area contributed by atoms with Crippen LogP contribution in [0.2, 0.25) is 0 Å². The molecule has 0 aromatic carbocycles. The lowest BCUT2D eigenvalue weighted by Gasteiger charge is -2.09. The zero-order valence-electron chi connectivity index (χ0n) is 10.3. The molecule has 0 aliphatic carbocycles. The molecule has 1 nitrogen and oxygen atoms in total. The number of rotatable bonds is 4. The average molecular weight is 203 g/mol. The van der Waals surface area contributed by atoms with E-state index in [1.54, 1.807) is 0 Å². The van der Waals surface area contributed by atoms with E-state index in [0.717, 1.165) is 18.5 Å². The molecule has 0 unspecified atom stereocenters. The van der Waals surface area contributed by atoms with Gasteiger partial charge in [0.25, 0.3) is 0 Å². The Hall–Kier alpha value is -1.11. The predicted molar refractivity (Wildman–Crippen MR) is 66.9 cm³/mol. The van der Waals surface area contributed by atoms with Crippen LogP contribution < -0.4 is 0 Å². The van der Waals surface area contributed by atoms with Crippen LogP contribution in [0.5, 0.6) is 0 Å². The zero-order valence-corrected chi connectivity index (χ0v) is 10.3. The van der Waals surface area contributed by atoms with Gasteiger partial charge in [0.2, 0.25) is 0 Å². The van der Waals surface area contributed by atoms with Crippen molar-refractivity contribution in [2.45, 2.75) is 47.0 Å². The highest BCUT2D eigenvalue weighted by atomic mass is 14.7. The van der Waals surface area contributed by atoms with E-state index in [9.17, 15) is 0 Å². The van der Waals surface area contributed by atoms with E-state index in [4.69, 9.17) is 0 Å². The van der Waals surface area contributed by atoms with Crippen molar-refractivity contribution < 1.29 is 0 Å². The highest BCUT2D eigenvalue weighted by Gasteiger charge is 2.05. The van der Waals surface area contributed by atoms with Crippen LogP contribution in [-0.2, 0) is 0 Å². The molecule has 0 radical (unpaired) electrons. The summed E-state index contributed by atoms with van der Waals surface area (Å²) in [4.78, 5) is 4.64. The molecular formula is C14H21N. The first-order valence-corrected chi connectivity index (χ1v) is 5.82. The van der Waals surface area contributed by atoms with Crippen LogP contribution in [0, 0.1) is 13.8 Å². The monoisotopic (exact) mass is 203 g/mol. The Bertz CT molecular complexity index is 350. The second-order valence-corrected chi connectivity index (χ2v) is 4.01. The van der Waals surface area contributed by atoms with Crippen LogP contribution >= 0.6 is 0 Å². The molecular weight excluding hydrogens is 182 g/mol. The molecule has 0 bridgehead atoms. The maximum atomic E-state index is 4.64. The lowest BCUT2D eigenvalue weighted by atomic mass is 10.0. The fourth-order valence-corrected chi connectivity index (χ4v) is 1.78. The third-order valence-corrected chi connectivity index (χ3v) is 2.51. The van der Waals surface area contributed by atoms with Crippen molar-refractivity contribution in [2.75, 3.05) is 0 Å². The minimum Gasteiger partial charge on any atom is -0.253 e. The molecule has 15 heavy (non-hydrogen) atoms. The summed E-state index contributed by atoms with van der Waals surface area (Å²) in [7, 11) is 0. The highest BCUT2D eigenvalue weighted by Crippen LogP contribution is 2.22. The summed E-state index contributed by atoms with van der Waals surface area (Å²) in [5, 5.41) is 0. The van der Waals surface area contributed by atoms with Gasteiger partial charge in [-0.1, -0.05) is 32.4 Å². The molecule has 1 aromatic heterocycles. The second kappa shape index (κ2) is 5.69. The average Bonchev–Trinajstić information content (AvgIpc) is 2.21. The molecule has 0 aliphatic rings. The summed E-state index contributed by atoms with van der Waals surface area (Å²) < 4.78 is 0. The van der Waals surface area contributed by atoms with Gasteiger partial charge in [0.05, 0.1) is 5.69 Å². The molecule has 0 aliphatic heterocycles. The first kappa shape index (κ1) is 12.0. The Morgan fingerprint density at radius 3 is 2.60 bits per heavy atom. The lowest BCUT2D eigenvalue weighted by molar-refractivity contribution is 0.952. The van der Waals surface area contributed by atoms with E-state index in [2.05, 4.69) is 50.9 Å². The summed E-state index contributed by atoms with van der Waals surface area (Å²) in [6, 6.07) is 4.24. The van der Waals surface area contributed by atoms with Gasteiger partial charge in [-0.2, -0.15) is 0 Å². The molecule has 0 fully saturated rings. The van der Waals surface area contributed by atoms with Crippen LogP contribution in [0.4, 0.5) is 0 Å². The van der Waals surface area contributed by atoms with Gasteiger partial charge in [-0.25, -0.2) is 0 Å². The van der Waals surface area contributed by atoms with Crippen molar-refractivity contribution in [2.24, 2.45) is 0 Å². The Labute approximate surface area is 93.2 Å². The van der Waals surface area contributed by atoms with Gasteiger partial charge in [0.1, 0.15) is 0 Å². The van der Waals surface area contributed by atoms with Crippen molar-refractivity contribution >= 4 is 5.57 Å². The zero-order chi connectivity index (χ0) is 11.3. The van der Waals surface area contributed by atoms with Gasteiger partial charge in [0.15, 0.2) is 0 Å². The quantitative estimate of drug-likeness (QED) is 0.711. The number of aryl methyl sites for hydroxylation is 2. The van der Waals surface area contributed by atoms with Gasteiger partial charge >= 0.3 is 0 Å². The van der Waals surface area contributed by atoms with E-state index in [0.29, 0.717) is 0 Å². The van der Waals surface area contributed by atoms with Gasteiger partial charge in [-0.15, -0.1) is 0 Å². The molecule has 0 atom stereocenters. The van der Waals surface area contributed by atoms with Gasteiger partial charge in [0, 0.05) is 5.69 Å². The molecule has 0 amide bonds. The number of allylic oxidation sites excluding steroid dienone is 2. The van der Waals surface area contributed by atoms with Gasteiger partial charge in [-0.05, 0) is 43.9 Å². The summed E-state index contributed by atoms with van der Waals surface area (Å²) in [5.41, 5.74) is 4.99. The topological polar surface area (TPSA) is 12.9 Å². The fraction of sp³-hybridized carbons (Fsp3) is 0.500. The standard InChI is InChI=1S/C14H21N/c1-5-7-13(8-6-2)14-11(3)9-10-12(4)15-14/h7,9-10H,5-6,8H2,1-4H3/b13-7+. The maximum Gasteiger partial charge on any atom is 0.0690 e. The summed E-state index contributed by atoms with van der Waals surface area (Å²) in [6.45, 7) is 8.59. The van der Waals surface area contributed by atoms with E-state index in [1.807, 2.05) is 0 Å². The molecule has 0 spiro atoms. The minimum atomic E-state index is 1.09. The molecule has 0 N–H and O–H groups in total. The first-order valence-electron chi connectivity index (χ1n) is 5.82. The lowest BCUT2D eigenvalue weighted by Crippen LogP contribution is -1.95. The van der Waals surface area contributed by atoms with Gasteiger partial charge < -0.3 is 0 Å². The number of hydrogen-bond acceptors (Lipinski definition) is 1. The Morgan fingerprint density at radius 2 is 2.00 bits per heavy atom. The second-order valence-electron chi connectivity index (χ2n) is 4.01. The SMILES string of the molecule is CC/C=C(\CCC)c1nc(C)ccc1C. The van der Waals surface area contributed by atoms with Crippen LogP contribution in [0.3, 0.4) is 0 Å². The smallest absolute Gasteiger partial charge is 0.0690 e. The Balaban J connectivity index is 3.10. The minimum absolute atomic E-state index is 1.09. The van der Waals surface area contributed by atoms with E-state index in [1.165, 1.54) is 23.3 Å². The van der Waals surface area contributed by atoms with Crippen LogP contribution in [0.25, 0.3) is 5.57 Å². The number of hydrogen-bond donors (Lipinski definition) is 0. The van der Waals surface area contributed by atoms with Crippen molar-refractivity contribution in [3.63, 3.8) is 0 Å². The molecule has 0 saturated heterocycles. The van der Waals surface area contributed by atoms with Crippen molar-refractivity contribution in [3.8, 4) is 0 Å². The third-order valence-electron chi connectivity index (χ3n) is 2.51. The molecule has 0 saturated carbocycles. The van der Waals surface area contributed by atoms with Crippen molar-refractivity contribution in [1.29, 1.82) is 0 Å². The Morgan fingerprint density at radius 1 is 1.27 bits per heavy atom. The molecule has 82 valence electrons. The van der Waals surface area contributed by atoms with Crippen LogP contribution in [-0.4, -0.2) is 4.98 Å². The van der Waals surface area contributed by atoms with Crippen molar-refractivity contribution in [3.05, 3.63) is 35.2 Å². The molecule has 1 aromatic rings. The number of nitrogens with zero attached hydrogens (tertiary/aromatic N) is 1. The highest BCUT2D eigenvalue weighted by molar-refractivity contribution is 5.65. The summed E-state index contributed by atoms with van der Waals surface area (Å²) in [6.07, 6.45) is 5.70. The van der Waals surface area contributed by atoms with E-state index in [-0.39, 0.29) is 0 Å². The predicted octanol–water partition coefficient (Wildman–Crippen LogP) is 4.29. The third kappa shape index (κ3) is 3.19. The fourth-order valence-electron chi connectivity index (χ4n) is 1.78. The summed E-state index contributed by atoms with van der Waals surface area (Å²) >= 11 is 0. The first-order chi connectivity index (χ1) is 7.19. The van der Waals surface area contributed by atoms with E-state index >= 15 is 0 Å². The Kier molecular flexibility index (Phi) is 4.54. The number of aromatic nitrogens is 1. The van der Waals surface area contributed by atoms with Crippen LogP contribution in [0.15, 0.2) is 18.2 Å². The molecule has 1 heterocycles. The number of pyridine rings is 1. The van der Waals surface area contributed by atoms with Crippen LogP contribution in [0.1, 0.15) is 50.1 Å². The molecule has 1 heteroatoms. The normalized spacial score (nSPS) is 11.9. The largest absolute Gasteiger partial charge is 0.253 e. The molecule has 1 rings (SSSR count).